The molecule has 1 aromatic rings. The van der Waals surface area contributed by atoms with Crippen LogP contribution in [-0.4, -0.2) is 13.1 Å². The quantitative estimate of drug-likeness (QED) is 0.870. The summed E-state index contributed by atoms with van der Waals surface area (Å²) in [7, 11) is 0. The monoisotopic (exact) mass is 256 g/mol. The number of hydrogen-bond donors (Lipinski definition) is 2. The molecule has 0 heterocycles. The number of rotatable bonds is 4. The average Bonchev–Trinajstić information content (AvgIpc) is 2.17. The third-order valence-corrected chi connectivity index (χ3v) is 2.70. The van der Waals surface area contributed by atoms with Gasteiger partial charge < -0.3 is 11.1 Å². The molecule has 0 fully saturated rings. The van der Waals surface area contributed by atoms with Crippen molar-refractivity contribution < 1.29 is 0 Å². The molecule has 0 aliphatic rings. The Balaban J connectivity index is 2.50. The number of anilines is 1. The predicted octanol–water partition coefficient (Wildman–Crippen LogP) is 2.85. The molecule has 3 N–H and O–H groups in total. The molecular formula is C11H17BrN2. The van der Waals surface area contributed by atoms with Crippen LogP contribution in [0.15, 0.2) is 28.7 Å². The average molecular weight is 257 g/mol. The molecule has 3 heteroatoms. The second kappa shape index (κ2) is 4.80. The lowest BCUT2D eigenvalue weighted by atomic mass is 9.94. The van der Waals surface area contributed by atoms with Crippen LogP contribution in [0.25, 0.3) is 0 Å². The predicted molar refractivity (Wildman–Crippen MR) is 65.5 cm³/mol. The minimum atomic E-state index is 0.146. The summed E-state index contributed by atoms with van der Waals surface area (Å²) >= 11 is 3.40. The van der Waals surface area contributed by atoms with Gasteiger partial charge in [-0.15, -0.1) is 0 Å². The van der Waals surface area contributed by atoms with Crippen LogP contribution < -0.4 is 11.1 Å². The molecule has 0 aromatic heterocycles. The summed E-state index contributed by atoms with van der Waals surface area (Å²) in [4.78, 5) is 0. The molecule has 0 radical (unpaired) electrons. The van der Waals surface area contributed by atoms with Crippen molar-refractivity contribution in [3.8, 4) is 0 Å². The highest BCUT2D eigenvalue weighted by Crippen LogP contribution is 2.17. The normalized spacial score (nSPS) is 11.4. The molecule has 0 saturated heterocycles. The zero-order valence-corrected chi connectivity index (χ0v) is 10.3. The van der Waals surface area contributed by atoms with Gasteiger partial charge in [0.2, 0.25) is 0 Å². The van der Waals surface area contributed by atoms with Crippen molar-refractivity contribution in [1.82, 2.24) is 0 Å². The topological polar surface area (TPSA) is 38.0 Å². The minimum Gasteiger partial charge on any atom is -0.384 e. The number of halogens is 1. The Kier molecular flexibility index (Phi) is 3.96. The molecule has 0 aliphatic carbocycles. The number of hydrogen-bond acceptors (Lipinski definition) is 2. The first-order valence-electron chi connectivity index (χ1n) is 4.73. The molecule has 0 aliphatic heterocycles. The van der Waals surface area contributed by atoms with Crippen LogP contribution >= 0.6 is 15.9 Å². The highest BCUT2D eigenvalue weighted by Gasteiger charge is 2.14. The minimum absolute atomic E-state index is 0.146. The smallest absolute Gasteiger partial charge is 0.0341 e. The maximum absolute atomic E-state index is 5.65. The van der Waals surface area contributed by atoms with Gasteiger partial charge in [-0.1, -0.05) is 29.8 Å². The van der Waals surface area contributed by atoms with Gasteiger partial charge in [-0.05, 0) is 36.2 Å². The first-order chi connectivity index (χ1) is 6.53. The Hall–Kier alpha value is -0.540. The maximum atomic E-state index is 5.65. The molecule has 1 rings (SSSR count). The molecule has 0 atom stereocenters. The van der Waals surface area contributed by atoms with Crippen molar-refractivity contribution in [2.24, 2.45) is 11.1 Å². The Morgan fingerprint density at radius 1 is 1.29 bits per heavy atom. The standard InChI is InChI=1S/C11H17BrN2/c1-11(2,7-13)8-14-10-5-3-9(12)4-6-10/h3-6,14H,7-8,13H2,1-2H3. The van der Waals surface area contributed by atoms with Crippen molar-refractivity contribution in [2.75, 3.05) is 18.4 Å². The number of nitrogens with one attached hydrogen (secondary N) is 1. The summed E-state index contributed by atoms with van der Waals surface area (Å²) < 4.78 is 1.10. The van der Waals surface area contributed by atoms with Crippen molar-refractivity contribution in [2.45, 2.75) is 13.8 Å². The summed E-state index contributed by atoms with van der Waals surface area (Å²) in [5, 5.41) is 3.36. The van der Waals surface area contributed by atoms with Gasteiger partial charge in [-0.25, -0.2) is 0 Å². The number of nitrogens with two attached hydrogens (primary N) is 1. The Bertz CT molecular complexity index is 280. The Morgan fingerprint density at radius 2 is 1.86 bits per heavy atom. The molecule has 14 heavy (non-hydrogen) atoms. The van der Waals surface area contributed by atoms with Gasteiger partial charge in [0.05, 0.1) is 0 Å². The van der Waals surface area contributed by atoms with Gasteiger partial charge in [-0.3, -0.25) is 0 Å². The fourth-order valence-corrected chi connectivity index (χ4v) is 1.25. The lowest BCUT2D eigenvalue weighted by Gasteiger charge is -2.23. The van der Waals surface area contributed by atoms with E-state index in [4.69, 9.17) is 5.73 Å². The molecule has 0 bridgehead atoms. The van der Waals surface area contributed by atoms with E-state index < -0.39 is 0 Å². The highest BCUT2D eigenvalue weighted by atomic mass is 79.9. The van der Waals surface area contributed by atoms with E-state index in [2.05, 4.69) is 47.2 Å². The molecule has 0 amide bonds. The van der Waals surface area contributed by atoms with Crippen molar-refractivity contribution in [3.05, 3.63) is 28.7 Å². The lowest BCUT2D eigenvalue weighted by molar-refractivity contribution is 0.405. The second-order valence-electron chi connectivity index (χ2n) is 4.23. The first kappa shape index (κ1) is 11.5. The van der Waals surface area contributed by atoms with Crippen LogP contribution in [0.4, 0.5) is 5.69 Å². The second-order valence-corrected chi connectivity index (χ2v) is 5.14. The van der Waals surface area contributed by atoms with Crippen LogP contribution in [0.1, 0.15) is 13.8 Å². The molecule has 0 saturated carbocycles. The molecule has 2 nitrogen and oxygen atoms in total. The largest absolute Gasteiger partial charge is 0.384 e. The van der Waals surface area contributed by atoms with E-state index in [1.807, 2.05) is 12.1 Å². The third kappa shape index (κ3) is 3.68. The van der Waals surface area contributed by atoms with E-state index in [1.54, 1.807) is 0 Å². The van der Waals surface area contributed by atoms with E-state index in [1.165, 1.54) is 0 Å². The summed E-state index contributed by atoms with van der Waals surface area (Å²) in [6.45, 7) is 5.89. The van der Waals surface area contributed by atoms with E-state index in [-0.39, 0.29) is 5.41 Å². The fourth-order valence-electron chi connectivity index (χ4n) is 0.981. The summed E-state index contributed by atoms with van der Waals surface area (Å²) in [6.07, 6.45) is 0. The highest BCUT2D eigenvalue weighted by molar-refractivity contribution is 9.10. The van der Waals surface area contributed by atoms with E-state index >= 15 is 0 Å². The molecule has 1 aromatic carbocycles. The van der Waals surface area contributed by atoms with E-state index in [0.717, 1.165) is 16.7 Å². The third-order valence-electron chi connectivity index (χ3n) is 2.17. The molecule has 0 unspecified atom stereocenters. The zero-order valence-electron chi connectivity index (χ0n) is 8.68. The van der Waals surface area contributed by atoms with Crippen molar-refractivity contribution >= 4 is 21.6 Å². The van der Waals surface area contributed by atoms with Crippen molar-refractivity contribution in [3.63, 3.8) is 0 Å². The van der Waals surface area contributed by atoms with Crippen LogP contribution in [-0.2, 0) is 0 Å². The van der Waals surface area contributed by atoms with Gasteiger partial charge in [0, 0.05) is 16.7 Å². The van der Waals surface area contributed by atoms with Crippen LogP contribution in [0.5, 0.6) is 0 Å². The molecule has 0 spiro atoms. The summed E-state index contributed by atoms with van der Waals surface area (Å²) in [6, 6.07) is 8.16. The van der Waals surface area contributed by atoms with Gasteiger partial charge in [0.15, 0.2) is 0 Å². The van der Waals surface area contributed by atoms with Crippen LogP contribution in [0.3, 0.4) is 0 Å². The van der Waals surface area contributed by atoms with Gasteiger partial charge >= 0.3 is 0 Å². The Morgan fingerprint density at radius 3 is 2.36 bits per heavy atom. The van der Waals surface area contributed by atoms with Gasteiger partial charge in [0.25, 0.3) is 0 Å². The van der Waals surface area contributed by atoms with Gasteiger partial charge in [-0.2, -0.15) is 0 Å². The van der Waals surface area contributed by atoms with E-state index in [9.17, 15) is 0 Å². The van der Waals surface area contributed by atoms with Crippen LogP contribution in [0, 0.1) is 5.41 Å². The number of benzene rings is 1. The van der Waals surface area contributed by atoms with Gasteiger partial charge in [0.1, 0.15) is 0 Å². The van der Waals surface area contributed by atoms with E-state index in [0.29, 0.717) is 6.54 Å². The zero-order chi connectivity index (χ0) is 10.6. The first-order valence-corrected chi connectivity index (χ1v) is 5.52. The fraction of sp³-hybridized carbons (Fsp3) is 0.455. The van der Waals surface area contributed by atoms with Crippen LogP contribution in [0.2, 0.25) is 0 Å². The summed E-state index contributed by atoms with van der Waals surface area (Å²) in [5.41, 5.74) is 6.93. The lowest BCUT2D eigenvalue weighted by Crippen LogP contribution is -2.31. The molecule has 78 valence electrons. The SMILES string of the molecule is CC(C)(CN)CNc1ccc(Br)cc1. The van der Waals surface area contributed by atoms with Crippen molar-refractivity contribution in [1.29, 1.82) is 0 Å². The maximum Gasteiger partial charge on any atom is 0.0341 e. The summed E-state index contributed by atoms with van der Waals surface area (Å²) in [5.74, 6) is 0. The Labute approximate surface area is 94.0 Å². The molecular weight excluding hydrogens is 240 g/mol.